The maximum atomic E-state index is 14.2. The van der Waals surface area contributed by atoms with Crippen LogP contribution in [-0.4, -0.2) is 57.9 Å². The predicted octanol–water partition coefficient (Wildman–Crippen LogP) is 5.78. The molecule has 2 bridgehead atoms. The average Bonchev–Trinajstić information content (AvgIpc) is 3.37. The normalized spacial score (nSPS) is 22.9. The number of aromatic nitrogens is 3. The minimum absolute atomic E-state index is 0.0365. The van der Waals surface area contributed by atoms with Gasteiger partial charge in [0, 0.05) is 42.4 Å². The molecule has 8 rings (SSSR count). The molecule has 47 heavy (non-hydrogen) atoms. The summed E-state index contributed by atoms with van der Waals surface area (Å²) in [6, 6.07) is 18.4. The van der Waals surface area contributed by atoms with Crippen LogP contribution in [0.4, 0.5) is 11.5 Å². The summed E-state index contributed by atoms with van der Waals surface area (Å²) in [4.78, 5) is 34.7. The van der Waals surface area contributed by atoms with Crippen molar-refractivity contribution in [3.63, 3.8) is 0 Å². The van der Waals surface area contributed by atoms with E-state index in [1.54, 1.807) is 0 Å². The number of amides is 2. The van der Waals surface area contributed by atoms with Crippen LogP contribution in [0.2, 0.25) is 0 Å². The Morgan fingerprint density at radius 2 is 1.83 bits per heavy atom. The molecule has 9 heteroatoms. The van der Waals surface area contributed by atoms with Crippen LogP contribution in [0.1, 0.15) is 61.6 Å². The van der Waals surface area contributed by atoms with E-state index in [4.69, 9.17) is 9.72 Å². The number of morpholine rings is 1. The number of fused-ring (bicyclic) bond motifs is 3. The van der Waals surface area contributed by atoms with Gasteiger partial charge in [0.25, 0.3) is 0 Å². The number of hydrogen-bond acceptors (Lipinski definition) is 6. The van der Waals surface area contributed by atoms with Gasteiger partial charge in [0.1, 0.15) is 11.9 Å². The largest absolute Gasteiger partial charge is 0.374 e. The average molecular weight is 631 g/mol. The van der Waals surface area contributed by atoms with E-state index in [-0.39, 0.29) is 17.7 Å². The molecular formula is C38H42N6O3. The second-order valence-corrected chi connectivity index (χ2v) is 14.2. The molecule has 4 aromatic rings. The summed E-state index contributed by atoms with van der Waals surface area (Å²) in [7, 11) is 1.93. The highest BCUT2D eigenvalue weighted by Crippen LogP contribution is 2.46. The number of nitrogens with one attached hydrogen (secondary N) is 2. The van der Waals surface area contributed by atoms with Gasteiger partial charge in [-0.05, 0) is 97.5 Å². The quantitative estimate of drug-likeness (QED) is 0.256. The Hall–Kier alpha value is -4.50. The number of ether oxygens (including phenoxy) is 1. The monoisotopic (exact) mass is 630 g/mol. The number of anilines is 2. The smallest absolute Gasteiger partial charge is 0.247 e. The summed E-state index contributed by atoms with van der Waals surface area (Å²) < 4.78 is 7.68. The molecule has 9 nitrogen and oxygen atoms in total. The van der Waals surface area contributed by atoms with Gasteiger partial charge in [-0.25, -0.2) is 4.98 Å². The van der Waals surface area contributed by atoms with Gasteiger partial charge in [-0.1, -0.05) is 37.3 Å². The lowest BCUT2D eigenvalue weighted by atomic mass is 9.77. The summed E-state index contributed by atoms with van der Waals surface area (Å²) in [6.45, 7) is 5.68. The molecule has 3 fully saturated rings. The van der Waals surface area contributed by atoms with Crippen molar-refractivity contribution in [2.45, 2.75) is 76.5 Å². The van der Waals surface area contributed by atoms with Crippen LogP contribution in [0.15, 0.2) is 67.0 Å². The summed E-state index contributed by atoms with van der Waals surface area (Å²) in [6.07, 6.45) is 9.55. The fourth-order valence-corrected chi connectivity index (χ4v) is 7.77. The molecule has 0 spiro atoms. The molecule has 4 heterocycles. The number of benzene rings is 2. The standard InChI is InChI=1S/C38H42N6O3/c1-23-20-40-43(3)35(23)25-9-11-28(12-10-25)41-36(45)34(42-37(46)38(2)14-15-38)31-6-4-5-24-7-8-26(17-32(24)31)27-13-16-39-33(18-27)44-21-30-19-29(44)22-47-30/h7-13,16-18,20,29-31,34H,4-6,14-15,19,21-22H2,1-3H3,(H,41,45)(H,42,46)/t29-,30-,31-,34+/m1/s1. The van der Waals surface area contributed by atoms with Crippen LogP contribution in [0.3, 0.4) is 0 Å². The lowest BCUT2D eigenvalue weighted by molar-refractivity contribution is -0.130. The van der Waals surface area contributed by atoms with E-state index < -0.39 is 11.5 Å². The molecule has 242 valence electrons. The third kappa shape index (κ3) is 5.60. The van der Waals surface area contributed by atoms with E-state index in [1.807, 2.05) is 62.2 Å². The first-order valence-electron chi connectivity index (χ1n) is 16.9. The van der Waals surface area contributed by atoms with Crippen molar-refractivity contribution in [1.29, 1.82) is 0 Å². The van der Waals surface area contributed by atoms with Crippen LogP contribution in [0, 0.1) is 12.3 Å². The second-order valence-electron chi connectivity index (χ2n) is 14.2. The molecule has 4 atom stereocenters. The van der Waals surface area contributed by atoms with E-state index >= 15 is 0 Å². The third-order valence-electron chi connectivity index (χ3n) is 10.8. The Labute approximate surface area is 275 Å². The van der Waals surface area contributed by atoms with E-state index in [0.29, 0.717) is 17.8 Å². The van der Waals surface area contributed by atoms with Gasteiger partial charge in [-0.2, -0.15) is 5.10 Å². The van der Waals surface area contributed by atoms with Crippen molar-refractivity contribution in [3.8, 4) is 22.4 Å². The first kappa shape index (κ1) is 29.9. The van der Waals surface area contributed by atoms with Crippen LogP contribution < -0.4 is 15.5 Å². The third-order valence-corrected chi connectivity index (χ3v) is 10.8. The Morgan fingerprint density at radius 3 is 2.53 bits per heavy atom. The maximum absolute atomic E-state index is 14.2. The zero-order valence-electron chi connectivity index (χ0n) is 27.3. The van der Waals surface area contributed by atoms with Gasteiger partial charge < -0.3 is 20.3 Å². The Balaban J connectivity index is 1.08. The van der Waals surface area contributed by atoms with Crippen molar-refractivity contribution in [2.24, 2.45) is 12.5 Å². The lowest BCUT2D eigenvalue weighted by Crippen LogP contribution is -2.50. The number of carbonyl (C=O) groups is 2. The predicted molar refractivity (Wildman–Crippen MR) is 182 cm³/mol. The molecule has 1 saturated carbocycles. The van der Waals surface area contributed by atoms with E-state index in [9.17, 15) is 9.59 Å². The number of aryl methyl sites for hydroxylation is 3. The van der Waals surface area contributed by atoms with Gasteiger partial charge in [0.15, 0.2) is 0 Å². The fourth-order valence-electron chi connectivity index (χ4n) is 7.77. The Bertz CT molecular complexity index is 1820. The zero-order chi connectivity index (χ0) is 32.3. The molecule has 2 aliphatic carbocycles. The van der Waals surface area contributed by atoms with Crippen molar-refractivity contribution in [1.82, 2.24) is 20.1 Å². The minimum Gasteiger partial charge on any atom is -0.374 e. The van der Waals surface area contributed by atoms with Crippen molar-refractivity contribution in [3.05, 3.63) is 83.7 Å². The molecule has 4 aliphatic rings. The summed E-state index contributed by atoms with van der Waals surface area (Å²) in [5, 5.41) is 10.7. The van der Waals surface area contributed by atoms with Gasteiger partial charge in [-0.15, -0.1) is 0 Å². The van der Waals surface area contributed by atoms with Crippen LogP contribution in [0.25, 0.3) is 22.4 Å². The number of carbonyl (C=O) groups excluding carboxylic acids is 2. The van der Waals surface area contributed by atoms with Gasteiger partial charge in [0.2, 0.25) is 11.8 Å². The Kier molecular flexibility index (Phi) is 7.39. The maximum Gasteiger partial charge on any atom is 0.247 e. The van der Waals surface area contributed by atoms with Crippen molar-refractivity contribution < 1.29 is 14.3 Å². The molecular weight excluding hydrogens is 588 g/mol. The van der Waals surface area contributed by atoms with Gasteiger partial charge in [0.05, 0.1) is 30.6 Å². The first-order valence-corrected chi connectivity index (χ1v) is 16.9. The van der Waals surface area contributed by atoms with Crippen molar-refractivity contribution >= 4 is 23.3 Å². The number of rotatable bonds is 8. The number of nitrogens with zero attached hydrogens (tertiary/aromatic N) is 4. The number of hydrogen-bond donors (Lipinski definition) is 2. The summed E-state index contributed by atoms with van der Waals surface area (Å²) >= 11 is 0. The molecule has 2 aromatic heterocycles. The first-order chi connectivity index (χ1) is 22.8. The van der Waals surface area contributed by atoms with E-state index in [2.05, 4.69) is 51.0 Å². The zero-order valence-corrected chi connectivity index (χ0v) is 27.3. The van der Waals surface area contributed by atoms with E-state index in [1.165, 1.54) is 5.56 Å². The molecule has 2 aromatic carbocycles. The summed E-state index contributed by atoms with van der Waals surface area (Å²) in [5.41, 5.74) is 8.06. The van der Waals surface area contributed by atoms with Crippen LogP contribution >= 0.6 is 0 Å². The topological polar surface area (TPSA) is 101 Å². The SMILES string of the molecule is Cc1cnn(C)c1-c1ccc(NC(=O)[C@@H](NC(=O)C2(C)CC2)[C@@H]2CCCc3ccc(-c4ccnc(N5C[C@H]6C[C@@H]5CO6)c4)cc32)cc1. The minimum atomic E-state index is -0.693. The fraction of sp³-hybridized carbons (Fsp3) is 0.421. The second kappa shape index (κ2) is 11.6. The van der Waals surface area contributed by atoms with E-state index in [0.717, 1.165) is 91.0 Å². The van der Waals surface area contributed by atoms with Crippen LogP contribution in [0.5, 0.6) is 0 Å². The molecule has 2 amide bonds. The highest BCUT2D eigenvalue weighted by molar-refractivity contribution is 5.99. The Morgan fingerprint density at radius 1 is 1.04 bits per heavy atom. The molecule has 2 N–H and O–H groups in total. The van der Waals surface area contributed by atoms with Gasteiger partial charge in [-0.3, -0.25) is 14.3 Å². The molecule has 2 aliphatic heterocycles. The highest BCUT2D eigenvalue weighted by atomic mass is 16.5. The van der Waals surface area contributed by atoms with Gasteiger partial charge >= 0.3 is 0 Å². The van der Waals surface area contributed by atoms with Crippen molar-refractivity contribution in [2.75, 3.05) is 23.4 Å². The molecule has 2 saturated heterocycles. The molecule has 0 unspecified atom stereocenters. The summed E-state index contributed by atoms with van der Waals surface area (Å²) in [5.74, 6) is 0.618. The highest BCUT2D eigenvalue weighted by Gasteiger charge is 2.47. The van der Waals surface area contributed by atoms with Crippen LogP contribution in [-0.2, 0) is 27.8 Å². The number of pyridine rings is 1. The molecule has 0 radical (unpaired) electrons. The lowest BCUT2D eigenvalue weighted by Gasteiger charge is -2.33.